The molecule has 5 nitrogen and oxygen atoms in total. The van der Waals surface area contributed by atoms with Crippen LogP contribution in [-0.4, -0.2) is 16.9 Å². The summed E-state index contributed by atoms with van der Waals surface area (Å²) in [6.45, 7) is 6.37. The largest absolute Gasteiger partial charge is 0.452 e. The second kappa shape index (κ2) is 9.68. The van der Waals surface area contributed by atoms with Crippen LogP contribution in [0.3, 0.4) is 0 Å². The number of nitrogens with one attached hydrogen (secondary N) is 2. The third-order valence-corrected chi connectivity index (χ3v) is 6.03. The van der Waals surface area contributed by atoms with Gasteiger partial charge in [0.2, 0.25) is 5.91 Å². The van der Waals surface area contributed by atoms with Gasteiger partial charge in [0.25, 0.3) is 5.56 Å². The van der Waals surface area contributed by atoms with E-state index in [0.29, 0.717) is 18.5 Å². The van der Waals surface area contributed by atoms with E-state index in [-0.39, 0.29) is 28.9 Å². The maximum atomic E-state index is 12.8. The zero-order chi connectivity index (χ0) is 26.1. The summed E-state index contributed by atoms with van der Waals surface area (Å²) in [5, 5.41) is 2.92. The number of pyridine rings is 1. The van der Waals surface area contributed by atoms with Gasteiger partial charge >= 0.3 is 6.18 Å². The fraction of sp³-hybridized carbons (Fsp3) is 0.286. The first-order valence-corrected chi connectivity index (χ1v) is 11.6. The Balaban J connectivity index is 1.65. The lowest BCUT2D eigenvalue weighted by Gasteiger charge is -2.20. The van der Waals surface area contributed by atoms with Crippen molar-refractivity contribution in [3.63, 3.8) is 0 Å². The number of alkyl halides is 3. The molecule has 0 saturated carbocycles. The van der Waals surface area contributed by atoms with Crippen LogP contribution in [0.4, 0.5) is 13.2 Å². The standard InChI is InChI=1S/C28H27F3N2O3/c1-27(2,3)18-6-4-17(5-7-18)22(16-20-10-15-25(34)32-20)23-13-14-24(26(35)33-23)36-21-11-8-19(9-12-21)28(29,30)31/h4-9,11-14,16,20H,10,15H2,1-3H3,(H,32,34)(H,33,35)/b22-16+/t20-/m1/s1. The summed E-state index contributed by atoms with van der Waals surface area (Å²) >= 11 is 0. The Morgan fingerprint density at radius 2 is 1.56 bits per heavy atom. The fourth-order valence-electron chi connectivity index (χ4n) is 3.99. The molecule has 0 spiro atoms. The molecule has 1 aliphatic rings. The number of hydrogen-bond acceptors (Lipinski definition) is 3. The predicted molar refractivity (Wildman–Crippen MR) is 132 cm³/mol. The van der Waals surface area contributed by atoms with Crippen LogP contribution in [0.5, 0.6) is 11.5 Å². The highest BCUT2D eigenvalue weighted by Gasteiger charge is 2.30. The molecule has 1 atom stereocenters. The van der Waals surface area contributed by atoms with E-state index in [9.17, 15) is 22.8 Å². The molecule has 36 heavy (non-hydrogen) atoms. The maximum Gasteiger partial charge on any atom is 0.416 e. The molecule has 1 amide bonds. The number of aromatic nitrogens is 1. The second-order valence-electron chi connectivity index (χ2n) is 9.81. The van der Waals surface area contributed by atoms with E-state index in [2.05, 4.69) is 31.1 Å². The normalized spacial score (nSPS) is 16.7. The minimum absolute atomic E-state index is 0.0204. The van der Waals surface area contributed by atoms with E-state index in [1.807, 2.05) is 30.3 Å². The molecule has 0 radical (unpaired) electrons. The van der Waals surface area contributed by atoms with Crippen molar-refractivity contribution in [2.45, 2.75) is 51.2 Å². The van der Waals surface area contributed by atoms with E-state index < -0.39 is 17.3 Å². The molecule has 0 bridgehead atoms. The molecule has 2 aromatic carbocycles. The van der Waals surface area contributed by atoms with Gasteiger partial charge in [-0.05, 0) is 59.4 Å². The lowest BCUT2D eigenvalue weighted by molar-refractivity contribution is -0.137. The Morgan fingerprint density at radius 3 is 2.08 bits per heavy atom. The number of H-pyrrole nitrogens is 1. The molecule has 1 aromatic heterocycles. The average Bonchev–Trinajstić information content (AvgIpc) is 3.23. The van der Waals surface area contributed by atoms with Crippen molar-refractivity contribution >= 4 is 11.5 Å². The van der Waals surface area contributed by atoms with E-state index >= 15 is 0 Å². The second-order valence-corrected chi connectivity index (χ2v) is 9.81. The number of amides is 1. The monoisotopic (exact) mass is 496 g/mol. The van der Waals surface area contributed by atoms with Gasteiger partial charge in [0, 0.05) is 23.7 Å². The Hall–Kier alpha value is -3.81. The highest BCUT2D eigenvalue weighted by atomic mass is 19.4. The van der Waals surface area contributed by atoms with Gasteiger partial charge in [-0.25, -0.2) is 0 Å². The van der Waals surface area contributed by atoms with Crippen molar-refractivity contribution in [3.8, 4) is 11.5 Å². The van der Waals surface area contributed by atoms with E-state index in [4.69, 9.17) is 4.74 Å². The Bertz CT molecular complexity index is 1330. The van der Waals surface area contributed by atoms with Crippen LogP contribution in [0.2, 0.25) is 0 Å². The van der Waals surface area contributed by atoms with Gasteiger partial charge in [-0.2, -0.15) is 13.2 Å². The summed E-state index contributed by atoms with van der Waals surface area (Å²) < 4.78 is 43.9. The summed E-state index contributed by atoms with van der Waals surface area (Å²) in [5.41, 5.74) is 1.97. The summed E-state index contributed by atoms with van der Waals surface area (Å²) in [6.07, 6.45) is -1.43. The SMILES string of the molecule is CC(C)(C)c1ccc(/C(=C\[C@H]2CCC(=O)N2)c2ccc(Oc3ccc(C(F)(F)F)cc3)c(=O)[nH]2)cc1. The van der Waals surface area contributed by atoms with Crippen LogP contribution in [-0.2, 0) is 16.4 Å². The zero-order valence-electron chi connectivity index (χ0n) is 20.2. The van der Waals surface area contributed by atoms with Crippen molar-refractivity contribution in [2.24, 2.45) is 0 Å². The van der Waals surface area contributed by atoms with E-state index in [1.54, 1.807) is 6.07 Å². The van der Waals surface area contributed by atoms with Crippen molar-refractivity contribution in [2.75, 3.05) is 0 Å². The Labute approximate surface area is 207 Å². The Kier molecular flexibility index (Phi) is 6.80. The molecule has 3 aromatic rings. The van der Waals surface area contributed by atoms with Crippen LogP contribution >= 0.6 is 0 Å². The molecule has 0 aliphatic carbocycles. The molecular weight excluding hydrogens is 469 g/mol. The smallest absolute Gasteiger partial charge is 0.416 e. The molecule has 8 heteroatoms. The molecule has 1 fully saturated rings. The van der Waals surface area contributed by atoms with Gasteiger partial charge < -0.3 is 15.0 Å². The number of benzene rings is 2. The number of hydrogen-bond donors (Lipinski definition) is 2. The number of aromatic amines is 1. The maximum absolute atomic E-state index is 12.8. The predicted octanol–water partition coefficient (Wildman–Crippen LogP) is 6.19. The van der Waals surface area contributed by atoms with Gasteiger partial charge in [-0.3, -0.25) is 9.59 Å². The minimum Gasteiger partial charge on any atom is -0.452 e. The van der Waals surface area contributed by atoms with Gasteiger partial charge in [-0.1, -0.05) is 51.1 Å². The van der Waals surface area contributed by atoms with Gasteiger partial charge in [-0.15, -0.1) is 0 Å². The number of halogens is 3. The third kappa shape index (κ3) is 5.87. The van der Waals surface area contributed by atoms with E-state index in [1.165, 1.54) is 18.2 Å². The molecule has 2 N–H and O–H groups in total. The molecule has 1 saturated heterocycles. The molecular formula is C28H27F3N2O3. The van der Waals surface area contributed by atoms with Crippen LogP contribution in [0.1, 0.15) is 56.0 Å². The van der Waals surface area contributed by atoms with Crippen molar-refractivity contribution in [1.29, 1.82) is 0 Å². The van der Waals surface area contributed by atoms with Crippen LogP contribution in [0.25, 0.3) is 5.57 Å². The number of carbonyl (C=O) groups excluding carboxylic acids is 1. The first-order chi connectivity index (χ1) is 16.9. The Morgan fingerprint density at radius 1 is 0.917 bits per heavy atom. The van der Waals surface area contributed by atoms with Crippen molar-refractivity contribution in [3.05, 3.63) is 99.5 Å². The first-order valence-electron chi connectivity index (χ1n) is 11.6. The lowest BCUT2D eigenvalue weighted by Crippen LogP contribution is -2.23. The molecule has 188 valence electrons. The first kappa shape index (κ1) is 25.3. The van der Waals surface area contributed by atoms with Gasteiger partial charge in [0.15, 0.2) is 5.75 Å². The van der Waals surface area contributed by atoms with Gasteiger partial charge in [0.05, 0.1) is 5.56 Å². The average molecular weight is 497 g/mol. The number of carbonyl (C=O) groups is 1. The topological polar surface area (TPSA) is 71.2 Å². The van der Waals surface area contributed by atoms with Crippen molar-refractivity contribution < 1.29 is 22.7 Å². The summed E-state index contributed by atoms with van der Waals surface area (Å²) in [4.78, 5) is 27.4. The summed E-state index contributed by atoms with van der Waals surface area (Å²) in [6, 6.07) is 15.2. The van der Waals surface area contributed by atoms with Crippen LogP contribution < -0.4 is 15.6 Å². The lowest BCUT2D eigenvalue weighted by atomic mass is 9.86. The fourth-order valence-corrected chi connectivity index (χ4v) is 3.99. The number of rotatable bonds is 5. The summed E-state index contributed by atoms with van der Waals surface area (Å²) in [5.74, 6) is 0.0472. The quantitative estimate of drug-likeness (QED) is 0.442. The minimum atomic E-state index is -4.45. The summed E-state index contributed by atoms with van der Waals surface area (Å²) in [7, 11) is 0. The number of ether oxygens (including phenoxy) is 1. The molecule has 1 aliphatic heterocycles. The third-order valence-electron chi connectivity index (χ3n) is 6.03. The van der Waals surface area contributed by atoms with E-state index in [0.717, 1.165) is 28.8 Å². The highest BCUT2D eigenvalue weighted by molar-refractivity contribution is 5.82. The molecule has 2 heterocycles. The molecule has 0 unspecified atom stereocenters. The van der Waals surface area contributed by atoms with Crippen molar-refractivity contribution in [1.82, 2.24) is 10.3 Å². The zero-order valence-corrected chi connectivity index (χ0v) is 20.2. The highest BCUT2D eigenvalue weighted by Crippen LogP contribution is 2.32. The van der Waals surface area contributed by atoms with Crippen LogP contribution in [0, 0.1) is 0 Å². The van der Waals surface area contributed by atoms with Crippen LogP contribution in [0.15, 0.2) is 71.5 Å². The molecule has 4 rings (SSSR count). The van der Waals surface area contributed by atoms with Gasteiger partial charge in [0.1, 0.15) is 5.75 Å².